The van der Waals surface area contributed by atoms with Crippen LogP contribution in [0.4, 0.5) is 0 Å². The predicted octanol–water partition coefficient (Wildman–Crippen LogP) is 2.18. The van der Waals surface area contributed by atoms with Crippen molar-refractivity contribution in [1.29, 1.82) is 0 Å². The van der Waals surface area contributed by atoms with E-state index in [2.05, 4.69) is 15.6 Å². The third-order valence-corrected chi connectivity index (χ3v) is 9.11. The lowest BCUT2D eigenvalue weighted by Gasteiger charge is -2.35. The minimum Gasteiger partial charge on any atom is -0.481 e. The van der Waals surface area contributed by atoms with E-state index in [9.17, 15) is 24.3 Å². The predicted molar refractivity (Wildman–Crippen MR) is 193 cm³/mol. The summed E-state index contributed by atoms with van der Waals surface area (Å²) in [6.07, 6.45) is -0.755. The van der Waals surface area contributed by atoms with Gasteiger partial charge in [-0.2, -0.15) is 0 Å². The fraction of sp³-hybridized carbons (Fsp3) is 0.639. The number of aliphatic hydroxyl groups is 1. The highest BCUT2D eigenvalue weighted by Crippen LogP contribution is 2.28. The van der Waals surface area contributed by atoms with E-state index in [-0.39, 0.29) is 64.0 Å². The van der Waals surface area contributed by atoms with Gasteiger partial charge in [0.05, 0.1) is 94.7 Å². The summed E-state index contributed by atoms with van der Waals surface area (Å²) >= 11 is 1.57. The van der Waals surface area contributed by atoms with Crippen LogP contribution in [0.5, 0.6) is 0 Å². The number of nitrogens with zero attached hydrogens (tertiary/aromatic N) is 2. The molecule has 0 radical (unpaired) electrons. The Morgan fingerprint density at radius 2 is 1.42 bits per heavy atom. The molecule has 290 valence electrons. The van der Waals surface area contributed by atoms with Crippen molar-refractivity contribution in [1.82, 2.24) is 20.5 Å². The zero-order chi connectivity index (χ0) is 37.9. The minimum absolute atomic E-state index is 0.00277. The molecule has 1 saturated heterocycles. The summed E-state index contributed by atoms with van der Waals surface area (Å²) in [4.78, 5) is 57.1. The number of hydrogen-bond donors (Lipinski definition) is 4. The molecule has 3 rings (SSSR count). The molecule has 15 nitrogen and oxygen atoms in total. The summed E-state index contributed by atoms with van der Waals surface area (Å²) in [5, 5.41) is 24.7. The number of carbonyl (C=O) groups is 4. The molecule has 0 aliphatic carbocycles. The van der Waals surface area contributed by atoms with Crippen LogP contribution < -0.4 is 10.6 Å². The summed E-state index contributed by atoms with van der Waals surface area (Å²) in [5.74, 6) is -2.06. The van der Waals surface area contributed by atoms with Gasteiger partial charge >= 0.3 is 5.97 Å². The number of aromatic nitrogens is 1. The maximum Gasteiger partial charge on any atom is 0.305 e. The molecule has 52 heavy (non-hydrogen) atoms. The number of amides is 3. The molecule has 1 aliphatic heterocycles. The third kappa shape index (κ3) is 15.2. The number of ether oxygens (including phenoxy) is 5. The normalized spacial score (nSPS) is 16.5. The zero-order valence-corrected chi connectivity index (χ0v) is 31.4. The molecule has 2 aromatic rings. The SMILES string of the molecule is Cc1ncsc1-c1ccc(CNC(=O)[C@@H]2C[C@@H](O)CN2C(=O)C(NC(=O)CCOCCOCCOCCOCCOCCC(=O)O)C(C)(C)C)cc1. The number of carboxylic acid groups (broad SMARTS) is 1. The molecule has 3 atom stereocenters. The van der Waals surface area contributed by atoms with Crippen LogP contribution in [0, 0.1) is 12.3 Å². The van der Waals surface area contributed by atoms with Crippen molar-refractivity contribution in [2.75, 3.05) is 72.6 Å². The number of rotatable bonds is 24. The topological polar surface area (TPSA) is 195 Å². The molecule has 3 amide bonds. The fourth-order valence-electron chi connectivity index (χ4n) is 5.32. The summed E-state index contributed by atoms with van der Waals surface area (Å²) in [6, 6.07) is 6.06. The molecule has 1 fully saturated rings. The maximum absolute atomic E-state index is 13.8. The van der Waals surface area contributed by atoms with E-state index in [1.807, 2.05) is 57.5 Å². The first kappa shape index (κ1) is 42.9. The van der Waals surface area contributed by atoms with E-state index in [0.717, 1.165) is 21.7 Å². The van der Waals surface area contributed by atoms with Crippen molar-refractivity contribution >= 4 is 35.0 Å². The van der Waals surface area contributed by atoms with Crippen molar-refractivity contribution < 1.29 is 53.1 Å². The molecule has 0 bridgehead atoms. The second kappa shape index (κ2) is 22.5. The van der Waals surface area contributed by atoms with Gasteiger partial charge in [-0.05, 0) is 23.5 Å². The van der Waals surface area contributed by atoms with Crippen molar-refractivity contribution in [2.45, 2.75) is 71.7 Å². The molecule has 1 unspecified atom stereocenters. The minimum atomic E-state index is -0.922. The van der Waals surface area contributed by atoms with Gasteiger partial charge in [0, 0.05) is 25.9 Å². The van der Waals surface area contributed by atoms with Crippen molar-refractivity contribution in [3.05, 3.63) is 41.0 Å². The van der Waals surface area contributed by atoms with E-state index in [0.29, 0.717) is 46.2 Å². The average molecular weight is 751 g/mol. The first-order chi connectivity index (χ1) is 24.9. The Labute approximate surface area is 309 Å². The van der Waals surface area contributed by atoms with Crippen LogP contribution in [-0.4, -0.2) is 135 Å². The summed E-state index contributed by atoms with van der Waals surface area (Å²) in [7, 11) is 0. The highest BCUT2D eigenvalue weighted by atomic mass is 32.1. The Kier molecular flexibility index (Phi) is 18.6. The lowest BCUT2D eigenvalue weighted by Crippen LogP contribution is -2.57. The van der Waals surface area contributed by atoms with Crippen LogP contribution in [0.2, 0.25) is 0 Å². The second-order valence-electron chi connectivity index (χ2n) is 13.4. The first-order valence-electron chi connectivity index (χ1n) is 17.5. The van der Waals surface area contributed by atoms with Crippen molar-refractivity contribution in [2.24, 2.45) is 5.41 Å². The molecular formula is C36H54N4O11S. The Morgan fingerprint density at radius 3 is 1.92 bits per heavy atom. The van der Waals surface area contributed by atoms with E-state index < -0.39 is 35.5 Å². The maximum atomic E-state index is 13.8. The Bertz CT molecular complexity index is 1400. The largest absolute Gasteiger partial charge is 0.481 e. The van der Waals surface area contributed by atoms with Crippen LogP contribution in [-0.2, 0) is 49.4 Å². The molecule has 1 aliphatic rings. The highest BCUT2D eigenvalue weighted by molar-refractivity contribution is 7.13. The van der Waals surface area contributed by atoms with Gasteiger partial charge in [-0.1, -0.05) is 45.0 Å². The van der Waals surface area contributed by atoms with Gasteiger partial charge < -0.3 is 49.4 Å². The monoisotopic (exact) mass is 750 g/mol. The summed E-state index contributed by atoms with van der Waals surface area (Å²) in [5.41, 5.74) is 4.05. The number of likely N-dealkylation sites (tertiary alicyclic amines) is 1. The molecule has 4 N–H and O–H groups in total. The van der Waals surface area contributed by atoms with E-state index >= 15 is 0 Å². The van der Waals surface area contributed by atoms with Gasteiger partial charge in [-0.25, -0.2) is 4.98 Å². The van der Waals surface area contributed by atoms with Crippen LogP contribution in [0.3, 0.4) is 0 Å². The smallest absolute Gasteiger partial charge is 0.305 e. The van der Waals surface area contributed by atoms with E-state index in [4.69, 9.17) is 28.8 Å². The molecular weight excluding hydrogens is 696 g/mol. The molecule has 16 heteroatoms. The average Bonchev–Trinajstić information content (AvgIpc) is 3.72. The number of benzene rings is 1. The number of aryl methyl sites for hydroxylation is 1. The Morgan fingerprint density at radius 1 is 0.885 bits per heavy atom. The van der Waals surface area contributed by atoms with Crippen LogP contribution in [0.25, 0.3) is 10.4 Å². The van der Waals surface area contributed by atoms with Gasteiger partial charge in [0.1, 0.15) is 12.1 Å². The standard InChI is InChI=1S/C36H54N4O11S/c1-25-32(52-24-38-25)27-7-5-26(6-8-27)22-37-34(45)29-21-28(41)23-40(29)35(46)33(36(2,3)4)39-30(42)9-11-47-13-15-49-17-19-51-20-18-50-16-14-48-12-10-31(43)44/h5-8,24,28-29,33,41H,9-23H2,1-4H3,(H,37,45)(H,39,42)(H,43,44)/t28-,29+,33?/m1/s1. The number of aliphatic hydroxyl groups excluding tert-OH is 1. The van der Waals surface area contributed by atoms with Gasteiger partial charge in [-0.15, -0.1) is 11.3 Å². The number of carboxylic acids is 1. The second-order valence-corrected chi connectivity index (χ2v) is 14.3. The van der Waals surface area contributed by atoms with Crippen LogP contribution >= 0.6 is 11.3 Å². The van der Waals surface area contributed by atoms with Gasteiger partial charge in [0.15, 0.2) is 0 Å². The molecule has 0 spiro atoms. The third-order valence-electron chi connectivity index (χ3n) is 8.13. The number of carbonyl (C=O) groups excluding carboxylic acids is 3. The van der Waals surface area contributed by atoms with Crippen LogP contribution in [0.1, 0.15) is 51.3 Å². The van der Waals surface area contributed by atoms with E-state index in [1.54, 1.807) is 11.3 Å². The number of nitrogens with one attached hydrogen (secondary N) is 2. The first-order valence-corrected chi connectivity index (χ1v) is 18.4. The highest BCUT2D eigenvalue weighted by Gasteiger charge is 2.44. The summed E-state index contributed by atoms with van der Waals surface area (Å²) in [6.45, 7) is 10.8. The number of thiazole rings is 1. The number of hydrogen-bond acceptors (Lipinski definition) is 12. The van der Waals surface area contributed by atoms with Crippen molar-refractivity contribution in [3.8, 4) is 10.4 Å². The quantitative estimate of drug-likeness (QED) is 0.114. The van der Waals surface area contributed by atoms with Gasteiger partial charge in [-0.3, -0.25) is 19.2 Å². The molecule has 0 saturated carbocycles. The fourth-order valence-corrected chi connectivity index (χ4v) is 6.13. The lowest BCUT2D eigenvalue weighted by atomic mass is 9.85. The Balaban J connectivity index is 1.32. The Hall–Kier alpha value is -3.51. The number of aliphatic carboxylic acids is 1. The van der Waals surface area contributed by atoms with E-state index in [1.165, 1.54) is 4.90 Å². The molecule has 1 aromatic carbocycles. The summed E-state index contributed by atoms with van der Waals surface area (Å²) < 4.78 is 26.9. The lowest BCUT2D eigenvalue weighted by molar-refractivity contribution is -0.144. The molecule has 2 heterocycles. The van der Waals surface area contributed by atoms with Gasteiger partial charge in [0.25, 0.3) is 0 Å². The van der Waals surface area contributed by atoms with Gasteiger partial charge in [0.2, 0.25) is 17.7 Å². The number of β-amino-alcohol motifs (C(OH)–C–C–N with tert-alkyl or cyclic N) is 1. The van der Waals surface area contributed by atoms with Crippen molar-refractivity contribution in [3.63, 3.8) is 0 Å². The van der Waals surface area contributed by atoms with Crippen LogP contribution in [0.15, 0.2) is 29.8 Å². The molecule has 1 aromatic heterocycles. The zero-order valence-electron chi connectivity index (χ0n) is 30.6.